The van der Waals surface area contributed by atoms with Crippen LogP contribution in [0.15, 0.2) is 11.6 Å². The van der Waals surface area contributed by atoms with Crippen LogP contribution in [-0.4, -0.2) is 0 Å². The quantitative estimate of drug-likeness (QED) is 0.541. The van der Waals surface area contributed by atoms with Crippen LogP contribution in [0.5, 0.6) is 0 Å². The van der Waals surface area contributed by atoms with Gasteiger partial charge in [-0.15, -0.1) is 0 Å². The lowest BCUT2D eigenvalue weighted by Gasteiger charge is -2.24. The molecule has 0 aromatic heterocycles. The third-order valence-electron chi connectivity index (χ3n) is 6.30. The van der Waals surface area contributed by atoms with E-state index in [4.69, 9.17) is 0 Å². The normalized spacial score (nSPS) is 41.1. The largest absolute Gasteiger partial charge is 0.0853 e. The van der Waals surface area contributed by atoms with E-state index in [1.54, 1.807) is 5.57 Å². The Morgan fingerprint density at radius 3 is 2.63 bits per heavy atom. The predicted octanol–water partition coefficient (Wildman–Crippen LogP) is 6.08. The average molecular weight is 262 g/mol. The van der Waals surface area contributed by atoms with Gasteiger partial charge < -0.3 is 0 Å². The highest BCUT2D eigenvalue weighted by atomic mass is 14.5. The van der Waals surface area contributed by atoms with Gasteiger partial charge in [0, 0.05) is 0 Å². The van der Waals surface area contributed by atoms with Crippen LogP contribution in [-0.2, 0) is 0 Å². The van der Waals surface area contributed by atoms with Crippen molar-refractivity contribution in [2.75, 3.05) is 0 Å². The predicted molar refractivity (Wildman–Crippen MR) is 85.1 cm³/mol. The van der Waals surface area contributed by atoms with Gasteiger partial charge in [0.05, 0.1) is 0 Å². The summed E-state index contributed by atoms with van der Waals surface area (Å²) in [4.78, 5) is 0. The smallest absolute Gasteiger partial charge is 0.0234 e. The minimum absolute atomic E-state index is 0.810. The molecule has 0 aromatic carbocycles. The zero-order valence-corrected chi connectivity index (χ0v) is 13.8. The van der Waals surface area contributed by atoms with Crippen molar-refractivity contribution in [2.45, 2.75) is 73.1 Å². The lowest BCUT2D eigenvalue weighted by molar-refractivity contribution is 0.291. The fourth-order valence-corrected chi connectivity index (χ4v) is 4.36. The van der Waals surface area contributed by atoms with Gasteiger partial charge in [0.15, 0.2) is 0 Å². The van der Waals surface area contributed by atoms with Crippen LogP contribution in [0.3, 0.4) is 0 Å². The highest BCUT2D eigenvalue weighted by Crippen LogP contribution is 2.56. The molecule has 2 rings (SSSR count). The molecule has 0 aromatic rings. The molecule has 0 heterocycles. The van der Waals surface area contributed by atoms with Crippen molar-refractivity contribution < 1.29 is 0 Å². The highest BCUT2D eigenvalue weighted by Gasteiger charge is 2.49. The summed E-state index contributed by atoms with van der Waals surface area (Å²) in [5, 5.41) is 0. The van der Waals surface area contributed by atoms with Gasteiger partial charge in [-0.25, -0.2) is 0 Å². The number of fused-ring (bicyclic) bond motifs is 1. The summed E-state index contributed by atoms with van der Waals surface area (Å²) >= 11 is 0. The fourth-order valence-electron chi connectivity index (χ4n) is 4.36. The van der Waals surface area contributed by atoms with Gasteiger partial charge in [-0.2, -0.15) is 0 Å². The molecule has 2 aliphatic rings. The maximum absolute atomic E-state index is 2.53. The van der Waals surface area contributed by atoms with Gasteiger partial charge in [0.1, 0.15) is 0 Å². The molecule has 0 N–H and O–H groups in total. The Morgan fingerprint density at radius 1 is 1.21 bits per heavy atom. The third-order valence-corrected chi connectivity index (χ3v) is 6.30. The Kier molecular flexibility index (Phi) is 5.15. The number of hydrogen-bond acceptors (Lipinski definition) is 0. The molecule has 6 unspecified atom stereocenters. The third kappa shape index (κ3) is 3.64. The van der Waals surface area contributed by atoms with Crippen LogP contribution in [0.25, 0.3) is 0 Å². The number of rotatable bonds is 3. The van der Waals surface area contributed by atoms with Crippen molar-refractivity contribution in [3.63, 3.8) is 0 Å². The van der Waals surface area contributed by atoms with Crippen molar-refractivity contribution >= 4 is 0 Å². The van der Waals surface area contributed by atoms with Gasteiger partial charge in [-0.3, -0.25) is 0 Å². The van der Waals surface area contributed by atoms with Crippen LogP contribution >= 0.6 is 0 Å². The van der Waals surface area contributed by atoms with E-state index in [1.807, 2.05) is 0 Å². The topological polar surface area (TPSA) is 0 Å². The van der Waals surface area contributed by atoms with Crippen molar-refractivity contribution in [3.8, 4) is 0 Å². The molecule has 110 valence electrons. The lowest BCUT2D eigenvalue weighted by Crippen LogP contribution is -2.13. The second-order valence-electron chi connectivity index (χ2n) is 7.61. The first-order valence-corrected chi connectivity index (χ1v) is 8.71. The molecular formula is C19H34. The molecule has 0 heteroatoms. The van der Waals surface area contributed by atoms with Gasteiger partial charge >= 0.3 is 0 Å². The zero-order chi connectivity index (χ0) is 14.0. The fraction of sp³-hybridized carbons (Fsp3) is 0.895. The molecule has 6 atom stereocenters. The van der Waals surface area contributed by atoms with Crippen LogP contribution in [0, 0.1) is 35.5 Å². The van der Waals surface area contributed by atoms with Crippen LogP contribution in [0.4, 0.5) is 0 Å². The molecule has 2 aliphatic carbocycles. The number of allylic oxidation sites excluding steroid dienone is 2. The first-order valence-electron chi connectivity index (χ1n) is 8.71. The Balaban J connectivity index is 2.03. The van der Waals surface area contributed by atoms with E-state index in [2.05, 4.69) is 40.7 Å². The van der Waals surface area contributed by atoms with Gasteiger partial charge in [-0.1, -0.05) is 45.8 Å². The van der Waals surface area contributed by atoms with Crippen molar-refractivity contribution in [3.05, 3.63) is 11.6 Å². The van der Waals surface area contributed by atoms with Gasteiger partial charge in [0.25, 0.3) is 0 Å². The van der Waals surface area contributed by atoms with E-state index in [0.29, 0.717) is 0 Å². The Labute approximate surface area is 121 Å². The summed E-state index contributed by atoms with van der Waals surface area (Å²) in [6.07, 6.45) is 11.0. The van der Waals surface area contributed by atoms with E-state index >= 15 is 0 Å². The summed E-state index contributed by atoms with van der Waals surface area (Å²) in [6.45, 7) is 12.1. The second-order valence-corrected chi connectivity index (χ2v) is 7.61. The molecule has 0 nitrogen and oxygen atoms in total. The van der Waals surface area contributed by atoms with Gasteiger partial charge in [0.2, 0.25) is 0 Å². The monoisotopic (exact) mass is 262 g/mol. The van der Waals surface area contributed by atoms with Crippen molar-refractivity contribution in [2.24, 2.45) is 35.5 Å². The van der Waals surface area contributed by atoms with Crippen molar-refractivity contribution in [1.29, 1.82) is 0 Å². The van der Waals surface area contributed by atoms with E-state index < -0.39 is 0 Å². The molecule has 0 saturated heterocycles. The summed E-state index contributed by atoms with van der Waals surface area (Å²) in [5.74, 6) is 5.87. The van der Waals surface area contributed by atoms with Crippen LogP contribution in [0.2, 0.25) is 0 Å². The first-order chi connectivity index (χ1) is 9.04. The lowest BCUT2D eigenvalue weighted by atomic mass is 9.82. The molecule has 0 amide bonds. The molecule has 0 bridgehead atoms. The van der Waals surface area contributed by atoms with Crippen LogP contribution in [0.1, 0.15) is 73.1 Å². The average Bonchev–Trinajstić information content (AvgIpc) is 3.03. The molecule has 1 saturated carbocycles. The standard InChI is InChI=1S/C19H34/c1-6-13(2)12-17-11-10-15(4)14(3)8-7-9-18-16(5)19(17)18/h8,13,15-19H,6-7,9-12H2,1-5H3. The summed E-state index contributed by atoms with van der Waals surface area (Å²) in [7, 11) is 0. The summed E-state index contributed by atoms with van der Waals surface area (Å²) < 4.78 is 0. The first kappa shape index (κ1) is 15.1. The maximum atomic E-state index is 2.53. The van der Waals surface area contributed by atoms with Crippen LogP contribution < -0.4 is 0 Å². The molecular weight excluding hydrogens is 228 g/mol. The summed E-state index contributed by atoms with van der Waals surface area (Å²) in [5.41, 5.74) is 1.65. The maximum Gasteiger partial charge on any atom is -0.0234 e. The van der Waals surface area contributed by atoms with E-state index in [9.17, 15) is 0 Å². The minimum atomic E-state index is 0.810. The molecule has 19 heavy (non-hydrogen) atoms. The molecule has 0 spiro atoms. The second kappa shape index (κ2) is 6.46. The Morgan fingerprint density at radius 2 is 1.95 bits per heavy atom. The SMILES string of the molecule is CCC(C)CC1CCC(C)C(C)=CCCC2C(C)C12. The molecule has 0 radical (unpaired) electrons. The Hall–Kier alpha value is -0.260. The zero-order valence-electron chi connectivity index (χ0n) is 13.8. The minimum Gasteiger partial charge on any atom is -0.0853 e. The summed E-state index contributed by atoms with van der Waals surface area (Å²) in [6, 6.07) is 0. The van der Waals surface area contributed by atoms with E-state index in [1.165, 1.54) is 38.5 Å². The van der Waals surface area contributed by atoms with Crippen molar-refractivity contribution in [1.82, 2.24) is 0 Å². The molecule has 1 fully saturated rings. The highest BCUT2D eigenvalue weighted by molar-refractivity contribution is 5.06. The van der Waals surface area contributed by atoms with Gasteiger partial charge in [-0.05, 0) is 74.5 Å². The Bertz CT molecular complexity index is 314. The number of hydrogen-bond donors (Lipinski definition) is 0. The van der Waals surface area contributed by atoms with E-state index in [0.717, 1.165) is 35.5 Å². The molecule has 0 aliphatic heterocycles. The van der Waals surface area contributed by atoms with E-state index in [-0.39, 0.29) is 0 Å².